The minimum atomic E-state index is 0.446. The van der Waals surface area contributed by atoms with Gasteiger partial charge in [-0.2, -0.15) is 0 Å². The van der Waals surface area contributed by atoms with Gasteiger partial charge in [0.2, 0.25) is 0 Å². The van der Waals surface area contributed by atoms with Crippen LogP contribution in [0.1, 0.15) is 13.3 Å². The highest BCUT2D eigenvalue weighted by Crippen LogP contribution is 2.18. The second kappa shape index (κ2) is 5.58. The Labute approximate surface area is 81.4 Å². The molecule has 1 N–H and O–H groups in total. The molecule has 1 aliphatic rings. The first-order valence-electron chi connectivity index (χ1n) is 5.17. The fourth-order valence-electron chi connectivity index (χ4n) is 1.56. The first kappa shape index (κ1) is 11.0. The molecule has 0 aromatic carbocycles. The summed E-state index contributed by atoms with van der Waals surface area (Å²) < 4.78 is 5.60. The lowest BCUT2D eigenvalue weighted by Crippen LogP contribution is -2.34. The minimum Gasteiger partial charge on any atom is -0.377 e. The molecule has 3 heteroatoms. The number of nitrogens with one attached hydrogen (secondary N) is 1. The van der Waals surface area contributed by atoms with Gasteiger partial charge in [-0.25, -0.2) is 0 Å². The summed E-state index contributed by atoms with van der Waals surface area (Å²) in [7, 11) is 4.19. The fraction of sp³-hybridized carbons (Fsp3) is 1.00. The Balaban J connectivity index is 1.99. The van der Waals surface area contributed by atoms with E-state index in [0.717, 1.165) is 32.2 Å². The highest BCUT2D eigenvalue weighted by atomic mass is 16.5. The zero-order valence-electron chi connectivity index (χ0n) is 9.05. The monoisotopic (exact) mass is 186 g/mol. The van der Waals surface area contributed by atoms with Crippen molar-refractivity contribution in [1.82, 2.24) is 10.2 Å². The molecule has 1 saturated heterocycles. The van der Waals surface area contributed by atoms with Gasteiger partial charge in [0.25, 0.3) is 0 Å². The van der Waals surface area contributed by atoms with E-state index in [1.807, 2.05) is 0 Å². The van der Waals surface area contributed by atoms with E-state index in [1.165, 1.54) is 6.42 Å². The van der Waals surface area contributed by atoms with Crippen molar-refractivity contribution < 1.29 is 4.74 Å². The van der Waals surface area contributed by atoms with E-state index in [1.54, 1.807) is 0 Å². The van der Waals surface area contributed by atoms with Crippen LogP contribution in [0.5, 0.6) is 0 Å². The summed E-state index contributed by atoms with van der Waals surface area (Å²) in [6, 6.07) is 0. The van der Waals surface area contributed by atoms with Crippen LogP contribution in [0.3, 0.4) is 0 Å². The lowest BCUT2D eigenvalue weighted by atomic mass is 10.0. The largest absolute Gasteiger partial charge is 0.377 e. The molecule has 1 heterocycles. The summed E-state index contributed by atoms with van der Waals surface area (Å²) in [5.74, 6) is 0.729. The molecule has 2 unspecified atom stereocenters. The molecule has 0 aromatic rings. The van der Waals surface area contributed by atoms with E-state index >= 15 is 0 Å². The van der Waals surface area contributed by atoms with E-state index < -0.39 is 0 Å². The molecule has 2 atom stereocenters. The number of nitrogens with zero attached hydrogens (tertiary/aromatic N) is 1. The molecule has 0 aliphatic carbocycles. The second-order valence-electron chi connectivity index (χ2n) is 4.18. The topological polar surface area (TPSA) is 24.5 Å². The fourth-order valence-corrected chi connectivity index (χ4v) is 1.56. The molecule has 0 aromatic heterocycles. The van der Waals surface area contributed by atoms with Crippen molar-refractivity contribution in [3.05, 3.63) is 0 Å². The molecule has 3 nitrogen and oxygen atoms in total. The Morgan fingerprint density at radius 1 is 1.46 bits per heavy atom. The summed E-state index contributed by atoms with van der Waals surface area (Å²) in [4.78, 5) is 2.19. The van der Waals surface area contributed by atoms with Crippen LogP contribution in [0.2, 0.25) is 0 Å². The number of hydrogen-bond acceptors (Lipinski definition) is 3. The van der Waals surface area contributed by atoms with Crippen LogP contribution in [-0.4, -0.2) is 51.3 Å². The smallest absolute Gasteiger partial charge is 0.0725 e. The van der Waals surface area contributed by atoms with Crippen molar-refractivity contribution >= 4 is 0 Å². The molecular weight excluding hydrogens is 164 g/mol. The van der Waals surface area contributed by atoms with Gasteiger partial charge in [0, 0.05) is 26.2 Å². The number of likely N-dealkylation sites (N-methyl/N-ethyl adjacent to an activating group) is 1. The van der Waals surface area contributed by atoms with Gasteiger partial charge >= 0.3 is 0 Å². The van der Waals surface area contributed by atoms with E-state index in [0.29, 0.717) is 6.10 Å². The SMILES string of the molecule is CC1CCOC1CNCCN(C)C. The molecular formula is C10H22N2O. The standard InChI is InChI=1S/C10H22N2O/c1-9-4-7-13-10(9)8-11-5-6-12(2)3/h9-11H,4-8H2,1-3H3. The van der Waals surface area contributed by atoms with Gasteiger partial charge in [0.15, 0.2) is 0 Å². The van der Waals surface area contributed by atoms with Crippen LogP contribution in [-0.2, 0) is 4.74 Å². The van der Waals surface area contributed by atoms with Crippen molar-refractivity contribution in [2.75, 3.05) is 40.3 Å². The van der Waals surface area contributed by atoms with Crippen molar-refractivity contribution in [3.8, 4) is 0 Å². The predicted octanol–water partition coefficient (Wildman–Crippen LogP) is 0.563. The molecule has 0 amide bonds. The van der Waals surface area contributed by atoms with Crippen LogP contribution >= 0.6 is 0 Å². The summed E-state index contributed by atoms with van der Waals surface area (Å²) >= 11 is 0. The highest BCUT2D eigenvalue weighted by molar-refractivity contribution is 4.74. The normalized spacial score (nSPS) is 28.6. The third-order valence-corrected chi connectivity index (χ3v) is 2.62. The van der Waals surface area contributed by atoms with E-state index in [9.17, 15) is 0 Å². The maximum atomic E-state index is 5.60. The molecule has 1 rings (SSSR count). The van der Waals surface area contributed by atoms with Crippen molar-refractivity contribution in [1.29, 1.82) is 0 Å². The van der Waals surface area contributed by atoms with Gasteiger partial charge in [0.1, 0.15) is 0 Å². The maximum absolute atomic E-state index is 5.60. The molecule has 0 bridgehead atoms. The molecule has 0 saturated carbocycles. The average Bonchev–Trinajstić information content (AvgIpc) is 2.45. The van der Waals surface area contributed by atoms with Gasteiger partial charge in [-0.1, -0.05) is 6.92 Å². The van der Waals surface area contributed by atoms with Crippen molar-refractivity contribution in [2.24, 2.45) is 5.92 Å². The Morgan fingerprint density at radius 2 is 2.23 bits per heavy atom. The molecule has 1 aliphatic heterocycles. The summed E-state index contributed by atoms with van der Waals surface area (Å²) in [5.41, 5.74) is 0. The van der Waals surface area contributed by atoms with Gasteiger partial charge in [0.05, 0.1) is 6.10 Å². The predicted molar refractivity (Wildman–Crippen MR) is 54.9 cm³/mol. The molecule has 0 spiro atoms. The van der Waals surface area contributed by atoms with Gasteiger partial charge < -0.3 is 15.0 Å². The van der Waals surface area contributed by atoms with Crippen LogP contribution in [0.15, 0.2) is 0 Å². The van der Waals surface area contributed by atoms with Crippen LogP contribution in [0, 0.1) is 5.92 Å². The third-order valence-electron chi connectivity index (χ3n) is 2.62. The Morgan fingerprint density at radius 3 is 2.77 bits per heavy atom. The van der Waals surface area contributed by atoms with Crippen molar-refractivity contribution in [2.45, 2.75) is 19.4 Å². The maximum Gasteiger partial charge on any atom is 0.0725 e. The lowest BCUT2D eigenvalue weighted by Gasteiger charge is -2.16. The van der Waals surface area contributed by atoms with Crippen LogP contribution < -0.4 is 5.32 Å². The zero-order valence-corrected chi connectivity index (χ0v) is 9.05. The van der Waals surface area contributed by atoms with E-state index in [2.05, 4.69) is 31.2 Å². The van der Waals surface area contributed by atoms with Gasteiger partial charge in [-0.05, 0) is 26.4 Å². The third kappa shape index (κ3) is 4.07. The minimum absolute atomic E-state index is 0.446. The first-order chi connectivity index (χ1) is 6.20. The first-order valence-corrected chi connectivity index (χ1v) is 5.17. The Kier molecular flexibility index (Phi) is 4.70. The summed E-state index contributed by atoms with van der Waals surface area (Å²) in [5, 5.41) is 3.42. The van der Waals surface area contributed by atoms with Crippen LogP contribution in [0.4, 0.5) is 0 Å². The molecule has 78 valence electrons. The second-order valence-corrected chi connectivity index (χ2v) is 4.18. The van der Waals surface area contributed by atoms with Crippen LogP contribution in [0.25, 0.3) is 0 Å². The number of hydrogen-bond donors (Lipinski definition) is 1. The van der Waals surface area contributed by atoms with E-state index in [4.69, 9.17) is 4.74 Å². The van der Waals surface area contributed by atoms with Gasteiger partial charge in [-0.3, -0.25) is 0 Å². The highest BCUT2D eigenvalue weighted by Gasteiger charge is 2.23. The van der Waals surface area contributed by atoms with Crippen molar-refractivity contribution in [3.63, 3.8) is 0 Å². The summed E-state index contributed by atoms with van der Waals surface area (Å²) in [6.07, 6.45) is 1.67. The number of ether oxygens (including phenoxy) is 1. The molecule has 13 heavy (non-hydrogen) atoms. The zero-order chi connectivity index (χ0) is 9.68. The summed E-state index contributed by atoms with van der Waals surface area (Å²) in [6.45, 7) is 6.38. The Hall–Kier alpha value is -0.120. The molecule has 0 radical (unpaired) electrons. The molecule has 1 fully saturated rings. The average molecular weight is 186 g/mol. The van der Waals surface area contributed by atoms with E-state index in [-0.39, 0.29) is 0 Å². The quantitative estimate of drug-likeness (QED) is 0.635. The Bertz CT molecular complexity index is 139. The lowest BCUT2D eigenvalue weighted by molar-refractivity contribution is 0.0931. The number of rotatable bonds is 5. The van der Waals surface area contributed by atoms with Gasteiger partial charge in [-0.15, -0.1) is 0 Å².